The molecule has 26 heavy (non-hydrogen) atoms. The van der Waals surface area contributed by atoms with Gasteiger partial charge in [0.1, 0.15) is 0 Å². The number of carbonyl (C=O) groups is 2. The van der Waals surface area contributed by atoms with Gasteiger partial charge in [-0.3, -0.25) is 9.59 Å². The highest BCUT2D eigenvalue weighted by atomic mass is 16.2. The van der Waals surface area contributed by atoms with Gasteiger partial charge in [0.15, 0.2) is 0 Å². The Hall–Kier alpha value is -2.62. The molecule has 0 bridgehead atoms. The zero-order chi connectivity index (χ0) is 18.4. The van der Waals surface area contributed by atoms with Gasteiger partial charge in [-0.1, -0.05) is 49.4 Å². The summed E-state index contributed by atoms with van der Waals surface area (Å²) in [6, 6.07) is 18.3. The SMILES string of the molecule is CCc1ccc(N2C[C@H](C(=O)NCCCc3ccccc3)CC2=O)cc1. The number of benzene rings is 2. The zero-order valence-corrected chi connectivity index (χ0v) is 15.3. The average Bonchev–Trinajstić information content (AvgIpc) is 3.08. The van der Waals surface area contributed by atoms with Crippen molar-refractivity contribution in [1.29, 1.82) is 0 Å². The maximum Gasteiger partial charge on any atom is 0.227 e. The topological polar surface area (TPSA) is 49.4 Å². The first kappa shape index (κ1) is 18.2. The molecule has 0 unspecified atom stereocenters. The fraction of sp³-hybridized carbons (Fsp3) is 0.364. The second-order valence-corrected chi connectivity index (χ2v) is 6.81. The van der Waals surface area contributed by atoms with E-state index in [-0.39, 0.29) is 17.7 Å². The second-order valence-electron chi connectivity index (χ2n) is 6.81. The largest absolute Gasteiger partial charge is 0.356 e. The average molecular weight is 350 g/mol. The van der Waals surface area contributed by atoms with Crippen LogP contribution < -0.4 is 10.2 Å². The summed E-state index contributed by atoms with van der Waals surface area (Å²) in [6.07, 6.45) is 3.11. The number of hydrogen-bond donors (Lipinski definition) is 1. The molecule has 1 heterocycles. The van der Waals surface area contributed by atoms with Crippen molar-refractivity contribution in [2.45, 2.75) is 32.6 Å². The molecule has 3 rings (SSSR count). The van der Waals surface area contributed by atoms with Crippen LogP contribution in [0.3, 0.4) is 0 Å². The van der Waals surface area contributed by atoms with E-state index in [1.807, 2.05) is 42.5 Å². The van der Waals surface area contributed by atoms with Crippen LogP contribution in [0, 0.1) is 5.92 Å². The smallest absolute Gasteiger partial charge is 0.227 e. The number of anilines is 1. The van der Waals surface area contributed by atoms with E-state index in [9.17, 15) is 9.59 Å². The van der Waals surface area contributed by atoms with Crippen molar-refractivity contribution in [1.82, 2.24) is 5.32 Å². The third-order valence-corrected chi connectivity index (χ3v) is 4.94. The summed E-state index contributed by atoms with van der Waals surface area (Å²) in [5.41, 5.74) is 3.40. The number of hydrogen-bond acceptors (Lipinski definition) is 2. The standard InChI is InChI=1S/C22H26N2O2/c1-2-17-10-12-20(13-11-17)24-16-19(15-21(24)25)22(26)23-14-6-9-18-7-4-3-5-8-18/h3-5,7-8,10-13,19H,2,6,9,14-16H2,1H3,(H,23,26)/t19-/m1/s1. The summed E-state index contributed by atoms with van der Waals surface area (Å²) >= 11 is 0. The third kappa shape index (κ3) is 4.51. The van der Waals surface area contributed by atoms with Crippen LogP contribution in [0.4, 0.5) is 5.69 Å². The Labute approximate surface area is 155 Å². The van der Waals surface area contributed by atoms with Gasteiger partial charge in [-0.25, -0.2) is 0 Å². The van der Waals surface area contributed by atoms with Gasteiger partial charge >= 0.3 is 0 Å². The molecule has 0 saturated carbocycles. The number of carbonyl (C=O) groups excluding carboxylic acids is 2. The van der Waals surface area contributed by atoms with Crippen LogP contribution in [0.25, 0.3) is 0 Å². The lowest BCUT2D eigenvalue weighted by Gasteiger charge is -2.17. The molecular formula is C22H26N2O2. The molecule has 2 amide bonds. The van der Waals surface area contributed by atoms with E-state index in [0.29, 0.717) is 19.5 Å². The molecule has 2 aromatic carbocycles. The van der Waals surface area contributed by atoms with Crippen molar-refractivity contribution in [3.8, 4) is 0 Å². The van der Waals surface area contributed by atoms with Crippen LogP contribution in [0.2, 0.25) is 0 Å². The highest BCUT2D eigenvalue weighted by Crippen LogP contribution is 2.25. The Morgan fingerprint density at radius 1 is 1.08 bits per heavy atom. The van der Waals surface area contributed by atoms with E-state index in [0.717, 1.165) is 24.9 Å². The highest BCUT2D eigenvalue weighted by Gasteiger charge is 2.34. The Morgan fingerprint density at radius 3 is 2.50 bits per heavy atom. The van der Waals surface area contributed by atoms with Crippen LogP contribution in [0.15, 0.2) is 54.6 Å². The van der Waals surface area contributed by atoms with Crippen LogP contribution in [0.5, 0.6) is 0 Å². The van der Waals surface area contributed by atoms with Gasteiger partial charge in [0.25, 0.3) is 0 Å². The minimum atomic E-state index is -0.259. The van der Waals surface area contributed by atoms with Gasteiger partial charge in [0, 0.05) is 25.2 Å². The quantitative estimate of drug-likeness (QED) is 0.779. The number of aryl methyl sites for hydroxylation is 2. The number of nitrogens with zero attached hydrogens (tertiary/aromatic N) is 1. The Balaban J connectivity index is 1.47. The van der Waals surface area contributed by atoms with Gasteiger partial charge in [0.2, 0.25) is 11.8 Å². The van der Waals surface area contributed by atoms with E-state index in [2.05, 4.69) is 24.4 Å². The Kier molecular flexibility index (Phi) is 6.05. The van der Waals surface area contributed by atoms with Crippen LogP contribution >= 0.6 is 0 Å². The van der Waals surface area contributed by atoms with Crippen molar-refractivity contribution in [2.75, 3.05) is 18.0 Å². The molecule has 1 saturated heterocycles. The molecule has 1 N–H and O–H groups in total. The third-order valence-electron chi connectivity index (χ3n) is 4.94. The Morgan fingerprint density at radius 2 is 1.81 bits per heavy atom. The van der Waals surface area contributed by atoms with Gasteiger partial charge in [-0.05, 0) is 42.5 Å². The van der Waals surface area contributed by atoms with Gasteiger partial charge < -0.3 is 10.2 Å². The fourth-order valence-electron chi connectivity index (χ4n) is 3.34. The summed E-state index contributed by atoms with van der Waals surface area (Å²) in [7, 11) is 0. The lowest BCUT2D eigenvalue weighted by atomic mass is 10.1. The zero-order valence-electron chi connectivity index (χ0n) is 15.3. The maximum atomic E-state index is 12.4. The van der Waals surface area contributed by atoms with E-state index in [1.54, 1.807) is 4.90 Å². The lowest BCUT2D eigenvalue weighted by molar-refractivity contribution is -0.126. The molecular weight excluding hydrogens is 324 g/mol. The predicted molar refractivity (Wildman–Crippen MR) is 104 cm³/mol. The first-order valence-electron chi connectivity index (χ1n) is 9.38. The molecule has 1 atom stereocenters. The van der Waals surface area contributed by atoms with Crippen LogP contribution in [0.1, 0.15) is 30.9 Å². The normalized spacial score (nSPS) is 16.7. The van der Waals surface area contributed by atoms with Crippen molar-refractivity contribution < 1.29 is 9.59 Å². The summed E-state index contributed by atoms with van der Waals surface area (Å²) in [5.74, 6) is -0.247. The van der Waals surface area contributed by atoms with Crippen molar-refractivity contribution in [3.05, 3.63) is 65.7 Å². The van der Waals surface area contributed by atoms with E-state index in [1.165, 1.54) is 11.1 Å². The molecule has 4 nitrogen and oxygen atoms in total. The maximum absolute atomic E-state index is 12.4. The first-order valence-corrected chi connectivity index (χ1v) is 9.38. The number of rotatable bonds is 7. The fourth-order valence-corrected chi connectivity index (χ4v) is 3.34. The summed E-state index contributed by atoms with van der Waals surface area (Å²) in [5, 5.41) is 2.99. The Bertz CT molecular complexity index is 740. The van der Waals surface area contributed by atoms with Crippen molar-refractivity contribution in [3.63, 3.8) is 0 Å². The first-order chi connectivity index (χ1) is 12.7. The number of nitrogens with one attached hydrogen (secondary N) is 1. The molecule has 0 spiro atoms. The van der Waals surface area contributed by atoms with Gasteiger partial charge in [-0.2, -0.15) is 0 Å². The summed E-state index contributed by atoms with van der Waals surface area (Å²) < 4.78 is 0. The molecule has 1 fully saturated rings. The van der Waals surface area contributed by atoms with Crippen molar-refractivity contribution in [2.24, 2.45) is 5.92 Å². The summed E-state index contributed by atoms with van der Waals surface area (Å²) in [4.78, 5) is 26.4. The minimum Gasteiger partial charge on any atom is -0.356 e. The minimum absolute atomic E-state index is 0.0147. The van der Waals surface area contributed by atoms with E-state index < -0.39 is 0 Å². The van der Waals surface area contributed by atoms with Crippen LogP contribution in [-0.2, 0) is 22.4 Å². The molecule has 2 aromatic rings. The van der Waals surface area contributed by atoms with Gasteiger partial charge in [0.05, 0.1) is 5.92 Å². The lowest BCUT2D eigenvalue weighted by Crippen LogP contribution is -2.33. The molecule has 0 aromatic heterocycles. The van der Waals surface area contributed by atoms with Crippen molar-refractivity contribution >= 4 is 17.5 Å². The van der Waals surface area contributed by atoms with Gasteiger partial charge in [-0.15, -0.1) is 0 Å². The van der Waals surface area contributed by atoms with Crippen LogP contribution in [-0.4, -0.2) is 24.9 Å². The molecule has 1 aliphatic rings. The molecule has 1 aliphatic heterocycles. The molecule has 0 aliphatic carbocycles. The van der Waals surface area contributed by atoms with E-state index >= 15 is 0 Å². The highest BCUT2D eigenvalue weighted by molar-refractivity contribution is 6.00. The second kappa shape index (κ2) is 8.65. The monoisotopic (exact) mass is 350 g/mol. The predicted octanol–water partition coefficient (Wildman–Crippen LogP) is 3.35. The molecule has 0 radical (unpaired) electrons. The number of amides is 2. The summed E-state index contributed by atoms with van der Waals surface area (Å²) in [6.45, 7) is 3.21. The van der Waals surface area contributed by atoms with E-state index in [4.69, 9.17) is 0 Å². The molecule has 136 valence electrons. The molecule has 4 heteroatoms.